The molecule has 6 heteroatoms. The molecule has 5 nitrogen and oxygen atoms in total. The van der Waals surface area contributed by atoms with E-state index in [2.05, 4.69) is 21.2 Å². The van der Waals surface area contributed by atoms with Gasteiger partial charge in [-0.1, -0.05) is 59.6 Å². The predicted molar refractivity (Wildman–Crippen MR) is 133 cm³/mol. The van der Waals surface area contributed by atoms with Crippen molar-refractivity contribution in [2.75, 3.05) is 6.61 Å². The van der Waals surface area contributed by atoms with Crippen molar-refractivity contribution < 1.29 is 14.3 Å². The topological polar surface area (TPSA) is 58.6 Å². The van der Waals surface area contributed by atoms with Crippen molar-refractivity contribution in [3.63, 3.8) is 0 Å². The molecule has 0 aromatic heterocycles. The summed E-state index contributed by atoms with van der Waals surface area (Å²) in [5.74, 6) is 0.304. The summed E-state index contributed by atoms with van der Waals surface area (Å²) in [4.78, 5) is 28.0. The summed E-state index contributed by atoms with van der Waals surface area (Å²) < 4.78 is 6.89. The van der Waals surface area contributed by atoms with E-state index >= 15 is 0 Å². The Hall–Kier alpha value is -2.34. The van der Waals surface area contributed by atoms with Crippen molar-refractivity contribution in [3.05, 3.63) is 63.1 Å². The van der Waals surface area contributed by atoms with Gasteiger partial charge in [0, 0.05) is 17.1 Å². The van der Waals surface area contributed by atoms with E-state index in [0.29, 0.717) is 18.7 Å². The van der Waals surface area contributed by atoms with Crippen LogP contribution in [-0.2, 0) is 16.1 Å². The van der Waals surface area contributed by atoms with Crippen LogP contribution < -0.4 is 10.1 Å². The summed E-state index contributed by atoms with van der Waals surface area (Å²) in [5, 5.41) is 3.03. The quantitative estimate of drug-likeness (QED) is 0.468. The lowest BCUT2D eigenvalue weighted by molar-refractivity contribution is -0.143. The molecule has 0 unspecified atom stereocenters. The fourth-order valence-electron chi connectivity index (χ4n) is 3.59. The summed E-state index contributed by atoms with van der Waals surface area (Å²) in [6.45, 7) is 12.2. The Balaban J connectivity index is 2.25. The standard InChI is InChI=1S/C26H35BrN2O3/c1-7-20(6)28-26(31)23(8-2)29(15-21-11-9-10-17(3)12-21)24(30)16-32-22-13-18(4)25(27)19(5)14-22/h9-14,20,23H,7-8,15-16H2,1-6H3,(H,28,31)/t20-,23-/m1/s1. The molecule has 0 radical (unpaired) electrons. The zero-order valence-electron chi connectivity index (χ0n) is 20.0. The molecule has 0 aliphatic heterocycles. The summed E-state index contributed by atoms with van der Waals surface area (Å²) in [5.41, 5.74) is 4.19. The maximum Gasteiger partial charge on any atom is 0.261 e. The van der Waals surface area contributed by atoms with Gasteiger partial charge in [-0.2, -0.15) is 0 Å². The number of ether oxygens (including phenoxy) is 1. The third kappa shape index (κ3) is 7.09. The number of aryl methyl sites for hydroxylation is 3. The van der Waals surface area contributed by atoms with E-state index in [1.807, 2.05) is 77.9 Å². The average Bonchev–Trinajstić information content (AvgIpc) is 2.75. The predicted octanol–water partition coefficient (Wildman–Crippen LogP) is 5.48. The molecule has 0 bridgehead atoms. The molecule has 0 aliphatic rings. The minimum atomic E-state index is -0.561. The Kier molecular flexibility index (Phi) is 9.76. The van der Waals surface area contributed by atoms with Gasteiger partial charge in [0.05, 0.1) is 0 Å². The lowest BCUT2D eigenvalue weighted by Gasteiger charge is -2.31. The highest BCUT2D eigenvalue weighted by Crippen LogP contribution is 2.26. The van der Waals surface area contributed by atoms with Crippen LogP contribution in [0.15, 0.2) is 40.9 Å². The van der Waals surface area contributed by atoms with Crippen LogP contribution >= 0.6 is 15.9 Å². The SMILES string of the molecule is CC[C@@H](C)NC(=O)[C@@H](CC)N(Cc1cccc(C)c1)C(=O)COc1cc(C)c(Br)c(C)c1. The van der Waals surface area contributed by atoms with Gasteiger partial charge in [0.2, 0.25) is 5.91 Å². The number of carbonyl (C=O) groups excluding carboxylic acids is 2. The Morgan fingerprint density at radius 2 is 1.72 bits per heavy atom. The summed E-state index contributed by atoms with van der Waals surface area (Å²) in [6, 6.07) is 11.3. The normalized spacial score (nSPS) is 12.7. The van der Waals surface area contributed by atoms with E-state index in [1.165, 1.54) is 0 Å². The van der Waals surface area contributed by atoms with E-state index in [9.17, 15) is 9.59 Å². The van der Waals surface area contributed by atoms with E-state index in [4.69, 9.17) is 4.74 Å². The monoisotopic (exact) mass is 502 g/mol. The lowest BCUT2D eigenvalue weighted by Crippen LogP contribution is -2.51. The molecule has 2 amide bonds. The maximum atomic E-state index is 13.3. The minimum absolute atomic E-state index is 0.0532. The molecular formula is C26H35BrN2O3. The second kappa shape index (κ2) is 12.0. The molecular weight excluding hydrogens is 468 g/mol. The summed E-state index contributed by atoms with van der Waals surface area (Å²) in [7, 11) is 0. The van der Waals surface area contributed by atoms with Crippen LogP contribution in [0, 0.1) is 20.8 Å². The number of amides is 2. The maximum absolute atomic E-state index is 13.3. The van der Waals surface area contributed by atoms with Crippen molar-refractivity contribution in [1.82, 2.24) is 10.2 Å². The first-order valence-electron chi connectivity index (χ1n) is 11.2. The molecule has 2 aromatic carbocycles. The molecule has 0 saturated heterocycles. The summed E-state index contributed by atoms with van der Waals surface area (Å²) in [6.07, 6.45) is 1.36. The number of nitrogens with one attached hydrogen (secondary N) is 1. The van der Waals surface area contributed by atoms with Gasteiger partial charge in [0.1, 0.15) is 11.8 Å². The number of halogens is 1. The molecule has 1 N–H and O–H groups in total. The van der Waals surface area contributed by atoms with E-state index in [1.54, 1.807) is 4.90 Å². The van der Waals surface area contributed by atoms with Crippen LogP contribution in [-0.4, -0.2) is 35.4 Å². The van der Waals surface area contributed by atoms with Gasteiger partial charge in [-0.25, -0.2) is 0 Å². The first kappa shape index (κ1) is 25.9. The fourth-order valence-corrected chi connectivity index (χ4v) is 3.81. The first-order chi connectivity index (χ1) is 15.2. The molecule has 2 rings (SSSR count). The molecule has 0 spiro atoms. The van der Waals surface area contributed by atoms with Crippen molar-refractivity contribution in [2.45, 2.75) is 73.0 Å². The number of hydrogen-bond acceptors (Lipinski definition) is 3. The van der Waals surface area contributed by atoms with Gasteiger partial charge in [0.25, 0.3) is 5.91 Å². The van der Waals surface area contributed by atoms with Crippen LogP contribution in [0.2, 0.25) is 0 Å². The van der Waals surface area contributed by atoms with Crippen LogP contribution in [0.5, 0.6) is 5.75 Å². The third-order valence-corrected chi connectivity index (χ3v) is 6.85. The third-order valence-electron chi connectivity index (χ3n) is 5.59. The van der Waals surface area contributed by atoms with E-state index in [0.717, 1.165) is 33.1 Å². The van der Waals surface area contributed by atoms with Gasteiger partial charge in [-0.3, -0.25) is 9.59 Å². The second-order valence-electron chi connectivity index (χ2n) is 8.41. The molecule has 2 atom stereocenters. The Bertz CT molecular complexity index is 921. The Morgan fingerprint density at radius 3 is 2.28 bits per heavy atom. The van der Waals surface area contributed by atoms with Gasteiger partial charge < -0.3 is 15.0 Å². The van der Waals surface area contributed by atoms with E-state index in [-0.39, 0.29) is 24.5 Å². The number of hydrogen-bond donors (Lipinski definition) is 1. The molecule has 2 aromatic rings. The molecule has 0 heterocycles. The van der Waals surface area contributed by atoms with Crippen LogP contribution in [0.25, 0.3) is 0 Å². The zero-order chi connectivity index (χ0) is 23.8. The minimum Gasteiger partial charge on any atom is -0.484 e. The van der Waals surface area contributed by atoms with Gasteiger partial charge >= 0.3 is 0 Å². The van der Waals surface area contributed by atoms with Crippen LogP contribution in [0.1, 0.15) is 55.9 Å². The lowest BCUT2D eigenvalue weighted by atomic mass is 10.1. The number of nitrogens with zero attached hydrogens (tertiary/aromatic N) is 1. The fraction of sp³-hybridized carbons (Fsp3) is 0.462. The average molecular weight is 503 g/mol. The van der Waals surface area contributed by atoms with Gasteiger partial charge in [0.15, 0.2) is 6.61 Å². The molecule has 0 fully saturated rings. The van der Waals surface area contributed by atoms with E-state index < -0.39 is 6.04 Å². The van der Waals surface area contributed by atoms with Crippen molar-refractivity contribution in [2.24, 2.45) is 0 Å². The highest BCUT2D eigenvalue weighted by atomic mass is 79.9. The zero-order valence-corrected chi connectivity index (χ0v) is 21.6. The Morgan fingerprint density at radius 1 is 1.06 bits per heavy atom. The molecule has 32 heavy (non-hydrogen) atoms. The van der Waals surface area contributed by atoms with Crippen molar-refractivity contribution >= 4 is 27.7 Å². The molecule has 0 saturated carbocycles. The molecule has 0 aliphatic carbocycles. The van der Waals surface area contributed by atoms with Crippen LogP contribution in [0.3, 0.4) is 0 Å². The molecule has 174 valence electrons. The first-order valence-corrected chi connectivity index (χ1v) is 12.0. The highest BCUT2D eigenvalue weighted by molar-refractivity contribution is 9.10. The second-order valence-corrected chi connectivity index (χ2v) is 9.21. The Labute approximate surface area is 200 Å². The van der Waals surface area contributed by atoms with Crippen molar-refractivity contribution in [3.8, 4) is 5.75 Å². The van der Waals surface area contributed by atoms with Crippen LogP contribution in [0.4, 0.5) is 0 Å². The number of rotatable bonds is 10. The highest BCUT2D eigenvalue weighted by Gasteiger charge is 2.29. The largest absolute Gasteiger partial charge is 0.484 e. The smallest absolute Gasteiger partial charge is 0.261 e. The number of carbonyl (C=O) groups is 2. The van der Waals surface area contributed by atoms with Crippen molar-refractivity contribution in [1.29, 1.82) is 0 Å². The van der Waals surface area contributed by atoms with Gasteiger partial charge in [-0.15, -0.1) is 0 Å². The number of benzene rings is 2. The van der Waals surface area contributed by atoms with Gasteiger partial charge in [-0.05, 0) is 69.4 Å². The summed E-state index contributed by atoms with van der Waals surface area (Å²) >= 11 is 3.55.